The van der Waals surface area contributed by atoms with Gasteiger partial charge in [-0.25, -0.2) is 0 Å². The molecule has 0 saturated heterocycles. The largest absolute Gasteiger partial charge is 0.463 e. The second-order valence-corrected chi connectivity index (χ2v) is 5.76. The highest BCUT2D eigenvalue weighted by molar-refractivity contribution is 6.15. The maximum Gasteiger partial charge on any atom is 0.199 e. The first-order valence-corrected chi connectivity index (χ1v) is 7.99. The topological polar surface area (TPSA) is 55.5 Å². The average molecular weight is 389 g/mol. The van der Waals surface area contributed by atoms with Crippen LogP contribution in [0.3, 0.4) is 0 Å². The first kappa shape index (κ1) is 19.9. The molecule has 0 atom stereocenters. The summed E-state index contributed by atoms with van der Waals surface area (Å²) in [5.41, 5.74) is 4.10. The number of pyridine rings is 1. The van der Waals surface area contributed by atoms with E-state index in [-0.39, 0.29) is 30.2 Å². The number of nitrogens with zero attached hydrogens (tertiary/aromatic N) is 2. The number of allylic oxidation sites excluding steroid dienone is 1. The molecule has 0 amide bonds. The van der Waals surface area contributed by atoms with Crippen LogP contribution in [0.1, 0.15) is 24.0 Å². The van der Waals surface area contributed by atoms with Crippen LogP contribution in [-0.4, -0.2) is 17.2 Å². The number of hydrogen-bond donors (Lipinski definition) is 0. The molecule has 0 saturated carbocycles. The van der Waals surface area contributed by atoms with Crippen molar-refractivity contribution < 1.29 is 4.42 Å². The molecule has 6 heteroatoms. The number of rotatable bonds is 2. The molecule has 0 radical (unpaired) electrons. The van der Waals surface area contributed by atoms with E-state index in [9.17, 15) is 4.79 Å². The van der Waals surface area contributed by atoms with E-state index in [0.717, 1.165) is 36.2 Å². The Morgan fingerprint density at radius 3 is 2.73 bits per heavy atom. The monoisotopic (exact) mass is 388 g/mol. The fourth-order valence-corrected chi connectivity index (χ4v) is 2.98. The third-order valence-electron chi connectivity index (χ3n) is 4.15. The van der Waals surface area contributed by atoms with Crippen LogP contribution in [0.15, 0.2) is 74.8 Å². The Hall–Kier alpha value is -2.43. The van der Waals surface area contributed by atoms with Gasteiger partial charge in [0, 0.05) is 24.5 Å². The molecule has 0 N–H and O–H groups in total. The minimum absolute atomic E-state index is 0. The molecule has 0 spiro atoms. The second-order valence-electron chi connectivity index (χ2n) is 5.76. The highest BCUT2D eigenvalue weighted by Gasteiger charge is 2.15. The Kier molecular flexibility index (Phi) is 6.72. The zero-order chi connectivity index (χ0) is 16.4. The van der Waals surface area contributed by atoms with Gasteiger partial charge in [0.1, 0.15) is 11.8 Å². The van der Waals surface area contributed by atoms with Crippen molar-refractivity contribution in [1.82, 2.24) is 4.98 Å². The average Bonchev–Trinajstić information content (AvgIpc) is 2.65. The summed E-state index contributed by atoms with van der Waals surface area (Å²) in [7, 11) is 0. The summed E-state index contributed by atoms with van der Waals surface area (Å²) in [4.78, 5) is 21.5. The fourth-order valence-electron chi connectivity index (χ4n) is 2.98. The molecular weight excluding hydrogens is 371 g/mol. The predicted octanol–water partition coefficient (Wildman–Crippen LogP) is 4.70. The number of halogens is 2. The van der Waals surface area contributed by atoms with Crippen molar-refractivity contribution in [2.75, 3.05) is 6.54 Å². The lowest BCUT2D eigenvalue weighted by Crippen LogP contribution is -2.13. The molecule has 0 unspecified atom stereocenters. The number of fused-ring (bicyclic) bond motifs is 1. The van der Waals surface area contributed by atoms with Gasteiger partial charge >= 0.3 is 0 Å². The molecule has 1 aromatic carbocycles. The van der Waals surface area contributed by atoms with Crippen LogP contribution in [0.4, 0.5) is 0 Å². The number of para-hydroxylation sites is 1. The van der Waals surface area contributed by atoms with Crippen LogP contribution in [0, 0.1) is 0 Å². The SMILES string of the molecule is Cl.Cl.O=c1c(C=C2CCCN=C2c2cccnc2)coc2ccccc12. The van der Waals surface area contributed by atoms with Gasteiger partial charge in [-0.3, -0.25) is 14.8 Å². The normalized spacial score (nSPS) is 15.1. The lowest BCUT2D eigenvalue weighted by atomic mass is 9.95. The molecule has 4 rings (SSSR count). The van der Waals surface area contributed by atoms with Crippen LogP contribution < -0.4 is 5.43 Å². The predicted molar refractivity (Wildman–Crippen MR) is 110 cm³/mol. The van der Waals surface area contributed by atoms with Gasteiger partial charge in [-0.1, -0.05) is 12.1 Å². The molecular formula is C20H18Cl2N2O2. The van der Waals surface area contributed by atoms with Crippen LogP contribution >= 0.6 is 24.8 Å². The lowest BCUT2D eigenvalue weighted by Gasteiger charge is -2.16. The van der Waals surface area contributed by atoms with E-state index in [1.54, 1.807) is 24.5 Å². The van der Waals surface area contributed by atoms with E-state index in [1.807, 2.05) is 30.3 Å². The quantitative estimate of drug-likeness (QED) is 0.639. The minimum Gasteiger partial charge on any atom is -0.463 e. The second kappa shape index (κ2) is 8.79. The van der Waals surface area contributed by atoms with Crippen molar-refractivity contribution in [1.29, 1.82) is 0 Å². The maximum atomic E-state index is 12.7. The molecule has 3 aromatic rings. The summed E-state index contributed by atoms with van der Waals surface area (Å²) in [5.74, 6) is 0. The van der Waals surface area contributed by atoms with Crippen molar-refractivity contribution >= 4 is 47.6 Å². The molecule has 0 fully saturated rings. The smallest absolute Gasteiger partial charge is 0.199 e. The summed E-state index contributed by atoms with van der Waals surface area (Å²) in [6, 6.07) is 11.2. The van der Waals surface area contributed by atoms with E-state index in [2.05, 4.69) is 9.98 Å². The Morgan fingerprint density at radius 1 is 1.08 bits per heavy atom. The number of aromatic nitrogens is 1. The van der Waals surface area contributed by atoms with E-state index in [1.165, 1.54) is 6.26 Å². The van der Waals surface area contributed by atoms with Gasteiger partial charge < -0.3 is 4.42 Å². The Bertz CT molecular complexity index is 1010. The van der Waals surface area contributed by atoms with Crippen molar-refractivity contribution in [3.05, 3.63) is 82.0 Å². The summed E-state index contributed by atoms with van der Waals surface area (Å²) in [5, 5.41) is 0.600. The fraction of sp³-hybridized carbons (Fsp3) is 0.150. The van der Waals surface area contributed by atoms with E-state index in [4.69, 9.17) is 4.42 Å². The van der Waals surface area contributed by atoms with Crippen LogP contribution in [0.25, 0.3) is 17.0 Å². The lowest BCUT2D eigenvalue weighted by molar-refractivity contribution is 0.601. The van der Waals surface area contributed by atoms with Crippen molar-refractivity contribution in [3.8, 4) is 0 Å². The van der Waals surface area contributed by atoms with E-state index < -0.39 is 0 Å². The van der Waals surface area contributed by atoms with Crippen LogP contribution in [-0.2, 0) is 0 Å². The van der Waals surface area contributed by atoms with Gasteiger partial charge in [0.2, 0.25) is 0 Å². The summed E-state index contributed by atoms with van der Waals surface area (Å²) >= 11 is 0. The van der Waals surface area contributed by atoms with Gasteiger partial charge in [-0.15, -0.1) is 24.8 Å². The van der Waals surface area contributed by atoms with Gasteiger partial charge in [-0.2, -0.15) is 0 Å². The van der Waals surface area contributed by atoms with Gasteiger partial charge in [0.05, 0.1) is 16.7 Å². The molecule has 134 valence electrons. The van der Waals surface area contributed by atoms with Crippen molar-refractivity contribution in [2.45, 2.75) is 12.8 Å². The molecule has 2 aromatic heterocycles. The number of hydrogen-bond acceptors (Lipinski definition) is 4. The standard InChI is InChI=1S/C20H16N2O2.2ClH/c23-20-16(13-24-18-8-2-1-7-17(18)20)11-14-5-4-10-22-19(14)15-6-3-9-21-12-15;;/h1-3,6-9,11-13H,4-5,10H2;2*1H. The number of aliphatic imine (C=N–C) groups is 1. The molecule has 0 bridgehead atoms. The Balaban J connectivity index is 0.00000121. The van der Waals surface area contributed by atoms with Crippen LogP contribution in [0.2, 0.25) is 0 Å². The summed E-state index contributed by atoms with van der Waals surface area (Å²) in [6.07, 6.45) is 8.86. The molecule has 4 nitrogen and oxygen atoms in total. The van der Waals surface area contributed by atoms with Gasteiger partial charge in [0.15, 0.2) is 5.43 Å². The highest BCUT2D eigenvalue weighted by atomic mass is 35.5. The Labute approximate surface area is 163 Å². The zero-order valence-electron chi connectivity index (χ0n) is 13.9. The minimum atomic E-state index is -0.0135. The summed E-state index contributed by atoms with van der Waals surface area (Å²) in [6.45, 7) is 0.799. The zero-order valence-corrected chi connectivity index (χ0v) is 15.6. The Morgan fingerprint density at radius 2 is 1.92 bits per heavy atom. The van der Waals surface area contributed by atoms with Crippen molar-refractivity contribution in [2.24, 2.45) is 4.99 Å². The van der Waals surface area contributed by atoms with Gasteiger partial charge in [0.25, 0.3) is 0 Å². The first-order chi connectivity index (χ1) is 11.8. The van der Waals surface area contributed by atoms with Crippen molar-refractivity contribution in [3.63, 3.8) is 0 Å². The van der Waals surface area contributed by atoms with Crippen LogP contribution in [0.5, 0.6) is 0 Å². The van der Waals surface area contributed by atoms with E-state index >= 15 is 0 Å². The molecule has 1 aliphatic rings. The summed E-state index contributed by atoms with van der Waals surface area (Å²) < 4.78 is 5.61. The van der Waals surface area contributed by atoms with Gasteiger partial charge in [-0.05, 0) is 48.8 Å². The molecule has 3 heterocycles. The third-order valence-corrected chi connectivity index (χ3v) is 4.15. The molecule has 0 aliphatic carbocycles. The number of benzene rings is 1. The highest BCUT2D eigenvalue weighted by Crippen LogP contribution is 2.22. The maximum absolute atomic E-state index is 12.7. The third kappa shape index (κ3) is 3.87. The molecule has 1 aliphatic heterocycles. The van der Waals surface area contributed by atoms with E-state index in [0.29, 0.717) is 16.5 Å². The molecule has 26 heavy (non-hydrogen) atoms. The first-order valence-electron chi connectivity index (χ1n) is 7.99.